The Hall–Kier alpha value is -9.39. The van der Waals surface area contributed by atoms with Crippen LogP contribution in [0.15, 0.2) is 243 Å². The molecule has 0 unspecified atom stereocenters. The van der Waals surface area contributed by atoms with Crippen LogP contribution in [-0.4, -0.2) is 24.1 Å². The van der Waals surface area contributed by atoms with Crippen molar-refractivity contribution < 1.29 is 0 Å². The molecule has 3 aromatic heterocycles. The summed E-state index contributed by atoms with van der Waals surface area (Å²) in [7, 11) is 0. The molecule has 0 spiro atoms. The number of fused-ring (bicyclic) bond motifs is 12. The first kappa shape index (κ1) is 38.8. The quantitative estimate of drug-likeness (QED) is 0.167. The normalized spacial score (nSPS) is 12.0. The van der Waals surface area contributed by atoms with Crippen LogP contribution < -0.4 is 4.90 Å². The minimum absolute atomic E-state index is 0.575. The van der Waals surface area contributed by atoms with Crippen LogP contribution in [0.25, 0.3) is 111 Å². The smallest absolute Gasteiger partial charge is 0.238 e. The Kier molecular flexibility index (Phi) is 8.79. The molecular formula is C63H40N6. The summed E-state index contributed by atoms with van der Waals surface area (Å²) in [6.07, 6.45) is 0. The van der Waals surface area contributed by atoms with Crippen LogP contribution in [0.2, 0.25) is 0 Å². The van der Waals surface area contributed by atoms with E-state index in [2.05, 4.69) is 196 Å². The van der Waals surface area contributed by atoms with E-state index in [4.69, 9.17) is 15.0 Å². The molecule has 322 valence electrons. The molecule has 0 bridgehead atoms. The maximum Gasteiger partial charge on any atom is 0.238 e. The van der Waals surface area contributed by atoms with Gasteiger partial charge in [-0.25, -0.2) is 4.98 Å². The van der Waals surface area contributed by atoms with Crippen molar-refractivity contribution >= 4 is 60.7 Å². The summed E-state index contributed by atoms with van der Waals surface area (Å²) < 4.78 is 4.66. The molecule has 0 N–H and O–H groups in total. The van der Waals surface area contributed by atoms with Gasteiger partial charge in [-0.05, 0) is 82.9 Å². The lowest BCUT2D eigenvalue weighted by Crippen LogP contribution is -2.12. The zero-order valence-corrected chi connectivity index (χ0v) is 37.3. The predicted octanol–water partition coefficient (Wildman–Crippen LogP) is 16.2. The number of rotatable bonds is 6. The van der Waals surface area contributed by atoms with Gasteiger partial charge in [0.2, 0.25) is 5.95 Å². The van der Waals surface area contributed by atoms with Crippen molar-refractivity contribution in [2.75, 3.05) is 4.90 Å². The molecule has 0 saturated carbocycles. The van der Waals surface area contributed by atoms with Gasteiger partial charge >= 0.3 is 0 Å². The number of anilines is 3. The number of nitrogens with zero attached hydrogens (tertiary/aromatic N) is 6. The van der Waals surface area contributed by atoms with Gasteiger partial charge in [-0.15, -0.1) is 0 Å². The number of aromatic nitrogens is 5. The van der Waals surface area contributed by atoms with Crippen molar-refractivity contribution in [3.63, 3.8) is 0 Å². The summed E-state index contributed by atoms with van der Waals surface area (Å²) in [4.78, 5) is 17.8. The third-order valence-corrected chi connectivity index (χ3v) is 13.7. The molecule has 0 amide bonds. The average molecular weight is 881 g/mol. The van der Waals surface area contributed by atoms with E-state index in [1.54, 1.807) is 0 Å². The Bertz CT molecular complexity index is 4060. The second kappa shape index (κ2) is 15.6. The zero-order chi connectivity index (χ0) is 45.4. The van der Waals surface area contributed by atoms with Crippen LogP contribution in [0.5, 0.6) is 0 Å². The van der Waals surface area contributed by atoms with Gasteiger partial charge in [0.05, 0.1) is 33.4 Å². The van der Waals surface area contributed by atoms with E-state index in [9.17, 15) is 0 Å². The first-order valence-electron chi connectivity index (χ1n) is 23.4. The monoisotopic (exact) mass is 880 g/mol. The summed E-state index contributed by atoms with van der Waals surface area (Å²) in [5.41, 5.74) is 17.8. The van der Waals surface area contributed by atoms with E-state index in [1.165, 1.54) is 33.0 Å². The SMILES string of the molecule is c1ccc(-c2nc(-c3ccccc3)nc(-n3c4ccccc4c4cc(-c5ccc6c(c5)c5ccc7c(c5n6-c5ccccc5)N(c5ccccc5)c5ccccc5-c5ccccc5-7)ccc43)n2)cc1. The summed E-state index contributed by atoms with van der Waals surface area (Å²) in [6.45, 7) is 0. The van der Waals surface area contributed by atoms with Gasteiger partial charge in [0.1, 0.15) is 0 Å². The molecule has 0 saturated heterocycles. The average Bonchev–Trinajstić information content (AvgIpc) is 3.90. The Morgan fingerprint density at radius 2 is 0.783 bits per heavy atom. The fraction of sp³-hybridized carbons (Fsp3) is 0. The van der Waals surface area contributed by atoms with Crippen molar-refractivity contribution in [3.8, 4) is 67.8 Å². The standard InChI is InChI=1S/C63H40N6/c1-5-19-41(20-6-1)61-64-62(42-21-7-2-8-22-42)66-63(65-61)69-56-32-18-16-30-50(56)53-39-43(34-38-58(53)69)44-33-37-57-54(40-44)52-36-35-51-48-28-14-13-27-47(48)49-29-15-17-31-55(49)67(45-23-9-3-10-24-45)59(51)60(52)68(57)46-25-11-4-12-26-46/h1-40H. The van der Waals surface area contributed by atoms with Gasteiger partial charge in [0, 0.05) is 55.2 Å². The minimum Gasteiger partial charge on any atom is -0.307 e. The van der Waals surface area contributed by atoms with Gasteiger partial charge in [0.25, 0.3) is 0 Å². The largest absolute Gasteiger partial charge is 0.307 e. The summed E-state index contributed by atoms with van der Waals surface area (Å²) in [6, 6.07) is 86.6. The summed E-state index contributed by atoms with van der Waals surface area (Å²) in [5, 5.41) is 4.62. The van der Waals surface area contributed by atoms with Crippen molar-refractivity contribution in [2.24, 2.45) is 0 Å². The van der Waals surface area contributed by atoms with Crippen LogP contribution >= 0.6 is 0 Å². The maximum absolute atomic E-state index is 5.16. The molecule has 4 heterocycles. The van der Waals surface area contributed by atoms with E-state index >= 15 is 0 Å². The molecule has 1 aliphatic rings. The van der Waals surface area contributed by atoms with E-state index in [0.29, 0.717) is 17.6 Å². The zero-order valence-electron chi connectivity index (χ0n) is 37.3. The summed E-state index contributed by atoms with van der Waals surface area (Å²) >= 11 is 0. The molecule has 0 fully saturated rings. The van der Waals surface area contributed by atoms with Crippen LogP contribution in [0.4, 0.5) is 17.1 Å². The van der Waals surface area contributed by atoms with Gasteiger partial charge in [0.15, 0.2) is 11.6 Å². The third-order valence-electron chi connectivity index (χ3n) is 13.7. The minimum atomic E-state index is 0.575. The Morgan fingerprint density at radius 3 is 1.43 bits per heavy atom. The fourth-order valence-electron chi connectivity index (χ4n) is 10.6. The number of hydrogen-bond donors (Lipinski definition) is 0. The highest BCUT2D eigenvalue weighted by Gasteiger charge is 2.30. The van der Waals surface area contributed by atoms with Crippen molar-refractivity contribution in [1.29, 1.82) is 0 Å². The van der Waals surface area contributed by atoms with Gasteiger partial charge in [-0.2, -0.15) is 9.97 Å². The van der Waals surface area contributed by atoms with Crippen LogP contribution in [0.3, 0.4) is 0 Å². The van der Waals surface area contributed by atoms with E-state index in [0.717, 1.165) is 77.8 Å². The molecule has 6 heteroatoms. The van der Waals surface area contributed by atoms with Crippen LogP contribution in [0, 0.1) is 0 Å². The highest BCUT2D eigenvalue weighted by molar-refractivity contribution is 6.20. The Labute approximate surface area is 398 Å². The second-order valence-corrected chi connectivity index (χ2v) is 17.6. The predicted molar refractivity (Wildman–Crippen MR) is 284 cm³/mol. The Morgan fingerprint density at radius 1 is 0.290 bits per heavy atom. The Balaban J connectivity index is 1.00. The van der Waals surface area contributed by atoms with Gasteiger partial charge in [-0.3, -0.25) is 4.57 Å². The highest BCUT2D eigenvalue weighted by Crippen LogP contribution is 2.54. The molecule has 14 rings (SSSR count). The number of hydrogen-bond acceptors (Lipinski definition) is 4. The van der Waals surface area contributed by atoms with Crippen LogP contribution in [-0.2, 0) is 0 Å². The molecule has 6 nitrogen and oxygen atoms in total. The molecule has 0 radical (unpaired) electrons. The van der Waals surface area contributed by atoms with Crippen molar-refractivity contribution in [3.05, 3.63) is 243 Å². The van der Waals surface area contributed by atoms with E-state index in [-0.39, 0.29) is 0 Å². The lowest BCUT2D eigenvalue weighted by molar-refractivity contribution is 0.953. The highest BCUT2D eigenvalue weighted by atomic mass is 15.2. The number of benzene rings is 10. The third kappa shape index (κ3) is 6.16. The number of para-hydroxylation sites is 4. The molecule has 13 aromatic rings. The molecule has 69 heavy (non-hydrogen) atoms. The molecule has 0 atom stereocenters. The fourth-order valence-corrected chi connectivity index (χ4v) is 10.6. The van der Waals surface area contributed by atoms with Crippen molar-refractivity contribution in [1.82, 2.24) is 24.1 Å². The second-order valence-electron chi connectivity index (χ2n) is 17.6. The first-order chi connectivity index (χ1) is 34.2. The molecule has 10 aromatic carbocycles. The lowest BCUT2D eigenvalue weighted by atomic mass is 9.94. The van der Waals surface area contributed by atoms with Gasteiger partial charge in [-0.1, -0.05) is 182 Å². The summed E-state index contributed by atoms with van der Waals surface area (Å²) in [5.74, 6) is 1.83. The van der Waals surface area contributed by atoms with E-state index < -0.39 is 0 Å². The molecular weight excluding hydrogens is 841 g/mol. The molecule has 0 aliphatic carbocycles. The van der Waals surface area contributed by atoms with Gasteiger partial charge < -0.3 is 9.47 Å². The van der Waals surface area contributed by atoms with Crippen LogP contribution in [0.1, 0.15) is 0 Å². The lowest BCUT2D eigenvalue weighted by Gasteiger charge is -2.28. The van der Waals surface area contributed by atoms with E-state index in [1.807, 2.05) is 60.7 Å². The first-order valence-corrected chi connectivity index (χ1v) is 23.4. The maximum atomic E-state index is 5.16. The molecule has 1 aliphatic heterocycles. The topological polar surface area (TPSA) is 51.8 Å². The van der Waals surface area contributed by atoms with Crippen molar-refractivity contribution in [2.45, 2.75) is 0 Å².